The van der Waals surface area contributed by atoms with Crippen molar-refractivity contribution in [1.82, 2.24) is 5.32 Å². The molecule has 3 heteroatoms. The number of methoxy groups -OCH3 is 1. The maximum atomic E-state index is 5.75. The molecule has 0 saturated heterocycles. The second-order valence-corrected chi connectivity index (χ2v) is 5.78. The van der Waals surface area contributed by atoms with Crippen LogP contribution < -0.4 is 10.1 Å². The van der Waals surface area contributed by atoms with Crippen molar-refractivity contribution in [2.75, 3.05) is 13.7 Å². The summed E-state index contributed by atoms with van der Waals surface area (Å²) < 4.78 is 10.9. The predicted octanol–water partition coefficient (Wildman–Crippen LogP) is 2.99. The maximum Gasteiger partial charge on any atom is 0.118 e. The van der Waals surface area contributed by atoms with Crippen molar-refractivity contribution < 1.29 is 9.47 Å². The number of hydrogen-bond donors (Lipinski definition) is 1. The molecule has 0 aliphatic heterocycles. The van der Waals surface area contributed by atoms with Crippen LogP contribution >= 0.6 is 0 Å². The molecule has 106 valence electrons. The Labute approximate surface area is 116 Å². The van der Waals surface area contributed by atoms with Crippen molar-refractivity contribution in [3.8, 4) is 5.75 Å². The quantitative estimate of drug-likeness (QED) is 0.856. The van der Waals surface area contributed by atoms with Gasteiger partial charge in [0.1, 0.15) is 5.75 Å². The minimum Gasteiger partial charge on any atom is -0.497 e. The smallest absolute Gasteiger partial charge is 0.118 e. The fourth-order valence-electron chi connectivity index (χ4n) is 2.70. The maximum absolute atomic E-state index is 5.75. The second-order valence-electron chi connectivity index (χ2n) is 5.78. The van der Waals surface area contributed by atoms with Crippen molar-refractivity contribution in [2.45, 2.75) is 45.9 Å². The summed E-state index contributed by atoms with van der Waals surface area (Å²) in [5.41, 5.74) is 1.51. The highest BCUT2D eigenvalue weighted by molar-refractivity contribution is 5.27. The zero-order valence-electron chi connectivity index (χ0n) is 12.4. The first-order valence-electron chi connectivity index (χ1n) is 7.05. The van der Waals surface area contributed by atoms with Crippen molar-refractivity contribution in [3.63, 3.8) is 0 Å². The fraction of sp³-hybridized carbons (Fsp3) is 0.625. The average Bonchev–Trinajstić information content (AvgIpc) is 2.42. The zero-order valence-corrected chi connectivity index (χ0v) is 12.4. The van der Waals surface area contributed by atoms with E-state index in [9.17, 15) is 0 Å². The lowest BCUT2D eigenvalue weighted by atomic mass is 9.64. The van der Waals surface area contributed by atoms with Gasteiger partial charge in [0.15, 0.2) is 0 Å². The molecule has 0 aromatic heterocycles. The number of nitrogens with one attached hydrogen (secondary N) is 1. The van der Waals surface area contributed by atoms with Crippen LogP contribution in [-0.2, 0) is 11.3 Å². The molecule has 19 heavy (non-hydrogen) atoms. The van der Waals surface area contributed by atoms with E-state index >= 15 is 0 Å². The topological polar surface area (TPSA) is 30.5 Å². The van der Waals surface area contributed by atoms with Gasteiger partial charge in [0.05, 0.1) is 13.2 Å². The highest BCUT2D eigenvalue weighted by atomic mass is 16.5. The van der Waals surface area contributed by atoms with Gasteiger partial charge >= 0.3 is 0 Å². The van der Waals surface area contributed by atoms with Crippen LogP contribution in [0.4, 0.5) is 0 Å². The van der Waals surface area contributed by atoms with Gasteiger partial charge in [-0.05, 0) is 31.0 Å². The van der Waals surface area contributed by atoms with Crippen LogP contribution in [0.1, 0.15) is 32.8 Å². The molecular weight excluding hydrogens is 238 g/mol. The minimum absolute atomic E-state index is 0.225. The first-order valence-corrected chi connectivity index (χ1v) is 7.05. The van der Waals surface area contributed by atoms with Crippen molar-refractivity contribution in [1.29, 1.82) is 0 Å². The van der Waals surface area contributed by atoms with E-state index in [0.29, 0.717) is 12.1 Å². The molecule has 0 heterocycles. The van der Waals surface area contributed by atoms with E-state index in [1.54, 1.807) is 7.11 Å². The van der Waals surface area contributed by atoms with Gasteiger partial charge in [-0.3, -0.25) is 0 Å². The van der Waals surface area contributed by atoms with Crippen LogP contribution in [0.3, 0.4) is 0 Å². The molecule has 3 nitrogen and oxygen atoms in total. The molecule has 1 saturated carbocycles. The van der Waals surface area contributed by atoms with Crippen LogP contribution in [-0.4, -0.2) is 25.9 Å². The fourth-order valence-corrected chi connectivity index (χ4v) is 2.70. The van der Waals surface area contributed by atoms with Crippen molar-refractivity contribution in [3.05, 3.63) is 29.8 Å². The van der Waals surface area contributed by atoms with Gasteiger partial charge in [-0.25, -0.2) is 0 Å². The summed E-state index contributed by atoms with van der Waals surface area (Å²) in [7, 11) is 1.69. The summed E-state index contributed by atoms with van der Waals surface area (Å²) in [6, 6.07) is 8.76. The van der Waals surface area contributed by atoms with Crippen molar-refractivity contribution >= 4 is 0 Å². The van der Waals surface area contributed by atoms with E-state index in [4.69, 9.17) is 9.47 Å². The van der Waals surface area contributed by atoms with Crippen LogP contribution in [0.5, 0.6) is 5.75 Å². The molecule has 0 radical (unpaired) electrons. The van der Waals surface area contributed by atoms with Gasteiger partial charge in [-0.1, -0.05) is 26.0 Å². The first kappa shape index (κ1) is 14.4. The van der Waals surface area contributed by atoms with Crippen LogP contribution in [0.25, 0.3) is 0 Å². The Morgan fingerprint density at radius 2 is 1.95 bits per heavy atom. The van der Waals surface area contributed by atoms with E-state index in [0.717, 1.165) is 25.3 Å². The van der Waals surface area contributed by atoms with Crippen LogP contribution in [0.2, 0.25) is 0 Å². The third kappa shape index (κ3) is 3.10. The SMILES string of the molecule is CCOC1CC(NCc2ccc(OC)cc2)C1(C)C. The second kappa shape index (κ2) is 5.93. The van der Waals surface area contributed by atoms with Crippen molar-refractivity contribution in [2.24, 2.45) is 5.41 Å². The Kier molecular flexibility index (Phi) is 4.48. The molecule has 1 aliphatic carbocycles. The van der Waals surface area contributed by atoms with Gasteiger partial charge in [0.2, 0.25) is 0 Å². The van der Waals surface area contributed by atoms with Gasteiger partial charge < -0.3 is 14.8 Å². The minimum atomic E-state index is 0.225. The summed E-state index contributed by atoms with van der Waals surface area (Å²) in [5, 5.41) is 3.63. The zero-order chi connectivity index (χ0) is 13.9. The first-order chi connectivity index (χ1) is 9.07. The summed E-state index contributed by atoms with van der Waals surface area (Å²) in [6.07, 6.45) is 1.50. The van der Waals surface area contributed by atoms with Crippen LogP contribution in [0, 0.1) is 5.41 Å². The Hall–Kier alpha value is -1.06. The lowest BCUT2D eigenvalue weighted by Gasteiger charge is -2.52. The molecule has 1 fully saturated rings. The summed E-state index contributed by atoms with van der Waals surface area (Å²) in [5.74, 6) is 0.907. The largest absolute Gasteiger partial charge is 0.497 e. The molecule has 1 N–H and O–H groups in total. The molecule has 0 bridgehead atoms. The third-order valence-corrected chi connectivity index (χ3v) is 4.26. The summed E-state index contributed by atoms with van der Waals surface area (Å²) >= 11 is 0. The normalized spacial score (nSPS) is 24.8. The van der Waals surface area contributed by atoms with E-state index in [1.807, 2.05) is 12.1 Å². The Balaban J connectivity index is 1.83. The van der Waals surface area contributed by atoms with E-state index < -0.39 is 0 Å². The summed E-state index contributed by atoms with van der Waals surface area (Å²) in [6.45, 7) is 8.33. The molecule has 2 rings (SSSR count). The highest BCUT2D eigenvalue weighted by Crippen LogP contribution is 2.42. The number of ether oxygens (including phenoxy) is 2. The number of hydrogen-bond acceptors (Lipinski definition) is 3. The lowest BCUT2D eigenvalue weighted by molar-refractivity contribution is -0.114. The Bertz CT molecular complexity index is 400. The monoisotopic (exact) mass is 263 g/mol. The molecule has 1 aliphatic rings. The molecule has 2 atom stereocenters. The third-order valence-electron chi connectivity index (χ3n) is 4.26. The molecular formula is C16H25NO2. The van der Waals surface area contributed by atoms with Crippen LogP contribution in [0.15, 0.2) is 24.3 Å². The molecule has 1 aromatic rings. The van der Waals surface area contributed by atoms with E-state index in [1.165, 1.54) is 5.56 Å². The predicted molar refractivity (Wildman–Crippen MR) is 77.4 cm³/mol. The van der Waals surface area contributed by atoms with E-state index in [2.05, 4.69) is 38.2 Å². The Morgan fingerprint density at radius 1 is 1.26 bits per heavy atom. The molecule has 2 unspecified atom stereocenters. The molecule has 0 amide bonds. The standard InChI is InChI=1S/C16H25NO2/c1-5-19-15-10-14(16(15,2)3)17-11-12-6-8-13(18-4)9-7-12/h6-9,14-15,17H,5,10-11H2,1-4H3. The van der Waals surface area contributed by atoms with Gasteiger partial charge in [0, 0.05) is 24.6 Å². The molecule has 1 aromatic carbocycles. The Morgan fingerprint density at radius 3 is 2.47 bits per heavy atom. The number of rotatable bonds is 6. The number of benzene rings is 1. The van der Waals surface area contributed by atoms with Gasteiger partial charge in [0.25, 0.3) is 0 Å². The average molecular weight is 263 g/mol. The van der Waals surface area contributed by atoms with Gasteiger partial charge in [-0.2, -0.15) is 0 Å². The van der Waals surface area contributed by atoms with E-state index in [-0.39, 0.29) is 5.41 Å². The molecule has 0 spiro atoms. The highest BCUT2D eigenvalue weighted by Gasteiger charge is 2.48. The lowest BCUT2D eigenvalue weighted by Crippen LogP contribution is -2.60. The summed E-state index contributed by atoms with van der Waals surface area (Å²) in [4.78, 5) is 0. The van der Waals surface area contributed by atoms with Gasteiger partial charge in [-0.15, -0.1) is 0 Å².